The predicted octanol–water partition coefficient (Wildman–Crippen LogP) is 1.34. The zero-order valence-corrected chi connectivity index (χ0v) is 11.0. The smallest absolute Gasteiger partial charge is 0.251 e. The van der Waals surface area contributed by atoms with Crippen molar-refractivity contribution in [3.05, 3.63) is 29.8 Å². The van der Waals surface area contributed by atoms with Gasteiger partial charge in [-0.3, -0.25) is 9.52 Å². The molecule has 0 atom stereocenters. The number of carbonyl (C=O) groups is 1. The number of carbonyl (C=O) groups excluding carboxylic acids is 1. The first-order chi connectivity index (χ1) is 8.50. The quantitative estimate of drug-likeness (QED) is 0.846. The minimum absolute atomic E-state index is 0.00545. The number of anilines is 1. The fraction of sp³-hybridized carbons (Fsp3) is 0.417. The van der Waals surface area contributed by atoms with E-state index in [1.54, 1.807) is 31.2 Å². The second-order valence-electron chi connectivity index (χ2n) is 4.33. The summed E-state index contributed by atoms with van der Waals surface area (Å²) in [7, 11) is -3.31. The normalized spacial score (nSPS) is 15.2. The average molecular weight is 268 g/mol. The van der Waals surface area contributed by atoms with Crippen LogP contribution in [0.1, 0.15) is 30.1 Å². The second-order valence-corrected chi connectivity index (χ2v) is 6.34. The molecule has 2 N–H and O–H groups in total. The van der Waals surface area contributed by atoms with Crippen LogP contribution in [0, 0.1) is 0 Å². The molecule has 1 aromatic rings. The maximum absolute atomic E-state index is 11.8. The molecule has 0 spiro atoms. The van der Waals surface area contributed by atoms with Gasteiger partial charge < -0.3 is 5.32 Å². The van der Waals surface area contributed by atoms with E-state index in [-0.39, 0.29) is 17.7 Å². The van der Waals surface area contributed by atoms with Crippen molar-refractivity contribution in [2.24, 2.45) is 0 Å². The Bertz CT molecular complexity index is 550. The maximum Gasteiger partial charge on any atom is 0.251 e. The summed E-state index contributed by atoms with van der Waals surface area (Å²) in [6, 6.07) is 6.79. The molecular formula is C12H16N2O3S. The average Bonchev–Trinajstić information content (AvgIpc) is 3.13. The lowest BCUT2D eigenvalue weighted by molar-refractivity contribution is 0.0951. The fourth-order valence-corrected chi connectivity index (χ4v) is 2.10. The first kappa shape index (κ1) is 12.9. The molecule has 0 heterocycles. The van der Waals surface area contributed by atoms with Crippen molar-refractivity contribution >= 4 is 21.6 Å². The van der Waals surface area contributed by atoms with E-state index in [1.807, 2.05) is 0 Å². The third-order valence-electron chi connectivity index (χ3n) is 2.69. The number of amides is 1. The lowest BCUT2D eigenvalue weighted by Gasteiger charge is -2.08. The van der Waals surface area contributed by atoms with Gasteiger partial charge in [-0.1, -0.05) is 6.07 Å². The van der Waals surface area contributed by atoms with Crippen LogP contribution in [0.15, 0.2) is 24.3 Å². The summed E-state index contributed by atoms with van der Waals surface area (Å²) in [5.74, 6) is -0.152. The van der Waals surface area contributed by atoms with Crippen LogP contribution in [0.3, 0.4) is 0 Å². The molecule has 0 unspecified atom stereocenters. The summed E-state index contributed by atoms with van der Waals surface area (Å²) in [5.41, 5.74) is 0.888. The molecule has 6 heteroatoms. The van der Waals surface area contributed by atoms with Gasteiger partial charge in [-0.25, -0.2) is 8.42 Å². The number of hydrogen-bond acceptors (Lipinski definition) is 3. The molecule has 0 bridgehead atoms. The zero-order chi connectivity index (χ0) is 13.2. The Morgan fingerprint density at radius 3 is 2.72 bits per heavy atom. The number of hydrogen-bond donors (Lipinski definition) is 2. The molecule has 1 amide bonds. The van der Waals surface area contributed by atoms with Gasteiger partial charge in [0.1, 0.15) is 0 Å². The molecule has 1 aliphatic rings. The van der Waals surface area contributed by atoms with Crippen molar-refractivity contribution in [2.45, 2.75) is 25.8 Å². The summed E-state index contributed by atoms with van der Waals surface area (Å²) < 4.78 is 25.3. The number of benzene rings is 1. The highest BCUT2D eigenvalue weighted by atomic mass is 32.2. The van der Waals surface area contributed by atoms with Gasteiger partial charge in [0.25, 0.3) is 5.91 Å². The van der Waals surface area contributed by atoms with Crippen molar-refractivity contribution in [1.29, 1.82) is 0 Å². The summed E-state index contributed by atoms with van der Waals surface area (Å²) >= 11 is 0. The van der Waals surface area contributed by atoms with E-state index in [0.29, 0.717) is 11.3 Å². The molecule has 2 rings (SSSR count). The van der Waals surface area contributed by atoms with Crippen LogP contribution in [0.5, 0.6) is 0 Å². The van der Waals surface area contributed by atoms with Crippen molar-refractivity contribution in [3.63, 3.8) is 0 Å². The molecule has 0 saturated heterocycles. The largest absolute Gasteiger partial charge is 0.349 e. The van der Waals surface area contributed by atoms with Crippen LogP contribution in [-0.2, 0) is 10.0 Å². The summed E-state index contributed by atoms with van der Waals surface area (Å²) in [6.07, 6.45) is 2.04. The van der Waals surface area contributed by atoms with Gasteiger partial charge in [0.2, 0.25) is 10.0 Å². The molecule has 1 aliphatic carbocycles. The summed E-state index contributed by atoms with van der Waals surface area (Å²) in [5, 5.41) is 2.86. The second kappa shape index (κ2) is 4.97. The summed E-state index contributed by atoms with van der Waals surface area (Å²) in [6.45, 7) is 1.56. The van der Waals surface area contributed by atoms with Crippen molar-refractivity contribution in [2.75, 3.05) is 10.5 Å². The molecular weight excluding hydrogens is 252 g/mol. The third-order valence-corrected chi connectivity index (χ3v) is 4.00. The molecule has 0 aromatic heterocycles. The molecule has 1 aromatic carbocycles. The van der Waals surface area contributed by atoms with E-state index in [0.717, 1.165) is 12.8 Å². The molecule has 1 saturated carbocycles. The molecule has 5 nitrogen and oxygen atoms in total. The highest BCUT2D eigenvalue weighted by Gasteiger charge is 2.23. The lowest BCUT2D eigenvalue weighted by atomic mass is 10.2. The summed E-state index contributed by atoms with van der Waals surface area (Å²) in [4.78, 5) is 11.8. The Morgan fingerprint density at radius 2 is 2.11 bits per heavy atom. The van der Waals surface area contributed by atoms with Crippen LogP contribution in [0.25, 0.3) is 0 Å². The van der Waals surface area contributed by atoms with Gasteiger partial charge in [-0.05, 0) is 38.0 Å². The van der Waals surface area contributed by atoms with Gasteiger partial charge in [-0.2, -0.15) is 0 Å². The van der Waals surface area contributed by atoms with Gasteiger partial charge >= 0.3 is 0 Å². The van der Waals surface area contributed by atoms with Crippen LogP contribution < -0.4 is 10.0 Å². The molecule has 0 radical (unpaired) electrons. The predicted molar refractivity (Wildman–Crippen MR) is 70.0 cm³/mol. The first-order valence-corrected chi connectivity index (χ1v) is 7.57. The topological polar surface area (TPSA) is 75.3 Å². The molecule has 18 heavy (non-hydrogen) atoms. The highest BCUT2D eigenvalue weighted by Crippen LogP contribution is 2.20. The van der Waals surface area contributed by atoms with Crippen LogP contribution >= 0.6 is 0 Å². The third kappa shape index (κ3) is 3.46. The Morgan fingerprint density at radius 1 is 1.39 bits per heavy atom. The van der Waals surface area contributed by atoms with Crippen LogP contribution in [0.4, 0.5) is 5.69 Å². The maximum atomic E-state index is 11.8. The zero-order valence-electron chi connectivity index (χ0n) is 10.1. The van der Waals surface area contributed by atoms with Gasteiger partial charge in [0.15, 0.2) is 0 Å². The van der Waals surface area contributed by atoms with Crippen molar-refractivity contribution in [3.8, 4) is 0 Å². The Hall–Kier alpha value is -1.56. The SMILES string of the molecule is CCS(=O)(=O)Nc1cccc(C(=O)NC2CC2)c1. The lowest BCUT2D eigenvalue weighted by Crippen LogP contribution is -2.25. The van der Waals surface area contributed by atoms with E-state index in [2.05, 4.69) is 10.0 Å². The van der Waals surface area contributed by atoms with Gasteiger partial charge in [0.05, 0.1) is 5.75 Å². The molecule has 1 fully saturated rings. The van der Waals surface area contributed by atoms with Crippen molar-refractivity contribution < 1.29 is 13.2 Å². The van der Waals surface area contributed by atoms with E-state index in [1.165, 1.54) is 0 Å². The standard InChI is InChI=1S/C12H16N2O3S/c1-2-18(16,17)14-11-5-3-4-9(8-11)12(15)13-10-6-7-10/h3-5,8,10,14H,2,6-7H2,1H3,(H,13,15). The number of sulfonamides is 1. The Labute approximate surface area is 107 Å². The minimum Gasteiger partial charge on any atom is -0.349 e. The Balaban J connectivity index is 2.11. The van der Waals surface area contributed by atoms with Gasteiger partial charge in [0, 0.05) is 17.3 Å². The van der Waals surface area contributed by atoms with Crippen LogP contribution in [0.2, 0.25) is 0 Å². The fourth-order valence-electron chi connectivity index (χ4n) is 1.47. The number of rotatable bonds is 5. The Kier molecular flexibility index (Phi) is 3.56. The van der Waals surface area contributed by atoms with Crippen molar-refractivity contribution in [1.82, 2.24) is 5.32 Å². The van der Waals surface area contributed by atoms with E-state index in [9.17, 15) is 13.2 Å². The number of nitrogens with one attached hydrogen (secondary N) is 2. The van der Waals surface area contributed by atoms with E-state index in [4.69, 9.17) is 0 Å². The van der Waals surface area contributed by atoms with Gasteiger partial charge in [-0.15, -0.1) is 0 Å². The van der Waals surface area contributed by atoms with E-state index >= 15 is 0 Å². The molecule has 0 aliphatic heterocycles. The highest BCUT2D eigenvalue weighted by molar-refractivity contribution is 7.92. The minimum atomic E-state index is -3.31. The molecule has 98 valence electrons. The van der Waals surface area contributed by atoms with E-state index < -0.39 is 10.0 Å². The first-order valence-electron chi connectivity index (χ1n) is 5.91. The van der Waals surface area contributed by atoms with Crippen LogP contribution in [-0.4, -0.2) is 26.1 Å². The monoisotopic (exact) mass is 268 g/mol.